The lowest BCUT2D eigenvalue weighted by molar-refractivity contribution is 0.340. The Balaban J connectivity index is 1.77. The number of rotatable bonds is 4. The summed E-state index contributed by atoms with van der Waals surface area (Å²) in [7, 11) is 0. The lowest BCUT2D eigenvalue weighted by Gasteiger charge is -2.07. The SMILES string of the molecule is CCOc1ccc(-n2ccn3cc(-c4ccc(Br)cc4)nc3c2=O)cc1. The smallest absolute Gasteiger partial charge is 0.298 e. The summed E-state index contributed by atoms with van der Waals surface area (Å²) >= 11 is 3.43. The molecule has 26 heavy (non-hydrogen) atoms. The Hall–Kier alpha value is -2.86. The van der Waals surface area contributed by atoms with E-state index in [0.717, 1.165) is 27.2 Å². The summed E-state index contributed by atoms with van der Waals surface area (Å²) in [6, 6.07) is 15.3. The molecule has 4 aromatic rings. The van der Waals surface area contributed by atoms with Gasteiger partial charge in [-0.25, -0.2) is 4.98 Å². The molecule has 2 aromatic heterocycles. The van der Waals surface area contributed by atoms with Crippen LogP contribution in [0.2, 0.25) is 0 Å². The van der Waals surface area contributed by atoms with Crippen LogP contribution in [0, 0.1) is 0 Å². The molecule has 4 rings (SSSR count). The number of ether oxygens (including phenoxy) is 1. The number of aromatic nitrogens is 3. The molecule has 5 nitrogen and oxygen atoms in total. The van der Waals surface area contributed by atoms with Crippen molar-refractivity contribution in [1.82, 2.24) is 14.0 Å². The van der Waals surface area contributed by atoms with Crippen LogP contribution >= 0.6 is 15.9 Å². The van der Waals surface area contributed by atoms with Crippen LogP contribution in [0.15, 0.2) is 76.4 Å². The largest absolute Gasteiger partial charge is 0.494 e. The second kappa shape index (κ2) is 6.80. The lowest BCUT2D eigenvalue weighted by Crippen LogP contribution is -2.19. The topological polar surface area (TPSA) is 48.5 Å². The zero-order valence-corrected chi connectivity index (χ0v) is 15.7. The summed E-state index contributed by atoms with van der Waals surface area (Å²) < 4.78 is 9.79. The molecule has 0 N–H and O–H groups in total. The summed E-state index contributed by atoms with van der Waals surface area (Å²) in [5.74, 6) is 0.781. The van der Waals surface area contributed by atoms with Gasteiger partial charge in [0.2, 0.25) is 5.65 Å². The predicted molar refractivity (Wildman–Crippen MR) is 105 cm³/mol. The van der Waals surface area contributed by atoms with Crippen LogP contribution in [0.1, 0.15) is 6.92 Å². The van der Waals surface area contributed by atoms with E-state index in [9.17, 15) is 4.79 Å². The molecule has 0 fully saturated rings. The molecule has 0 bridgehead atoms. The second-order valence-corrected chi connectivity index (χ2v) is 6.68. The molecule has 0 aliphatic heterocycles. The van der Waals surface area contributed by atoms with Gasteiger partial charge in [0, 0.05) is 34.3 Å². The van der Waals surface area contributed by atoms with Crippen LogP contribution in [0.5, 0.6) is 5.75 Å². The van der Waals surface area contributed by atoms with E-state index in [-0.39, 0.29) is 5.56 Å². The molecule has 130 valence electrons. The number of imidazole rings is 1. The van der Waals surface area contributed by atoms with Gasteiger partial charge < -0.3 is 9.14 Å². The Bertz CT molecular complexity index is 1110. The van der Waals surface area contributed by atoms with Crippen molar-refractivity contribution in [3.63, 3.8) is 0 Å². The molecule has 0 radical (unpaired) electrons. The van der Waals surface area contributed by atoms with Crippen molar-refractivity contribution in [1.29, 1.82) is 0 Å². The fraction of sp³-hybridized carbons (Fsp3) is 0.100. The number of halogens is 1. The van der Waals surface area contributed by atoms with E-state index >= 15 is 0 Å². The van der Waals surface area contributed by atoms with Gasteiger partial charge in [-0.2, -0.15) is 0 Å². The average Bonchev–Trinajstić information content (AvgIpc) is 3.09. The number of benzene rings is 2. The van der Waals surface area contributed by atoms with Crippen LogP contribution in [-0.4, -0.2) is 20.6 Å². The van der Waals surface area contributed by atoms with Gasteiger partial charge >= 0.3 is 0 Å². The van der Waals surface area contributed by atoms with Crippen molar-refractivity contribution in [3.05, 3.63) is 81.9 Å². The van der Waals surface area contributed by atoms with Gasteiger partial charge in [-0.3, -0.25) is 9.36 Å². The first kappa shape index (κ1) is 16.6. The van der Waals surface area contributed by atoms with E-state index in [1.54, 1.807) is 15.2 Å². The van der Waals surface area contributed by atoms with Crippen molar-refractivity contribution < 1.29 is 4.74 Å². The quantitative estimate of drug-likeness (QED) is 0.504. The maximum Gasteiger partial charge on any atom is 0.298 e. The minimum atomic E-state index is -0.167. The zero-order valence-electron chi connectivity index (χ0n) is 14.1. The Morgan fingerprint density at radius 3 is 2.46 bits per heavy atom. The van der Waals surface area contributed by atoms with E-state index in [4.69, 9.17) is 4.74 Å². The Labute approximate surface area is 158 Å². The van der Waals surface area contributed by atoms with E-state index in [1.807, 2.05) is 67.8 Å². The van der Waals surface area contributed by atoms with Crippen LogP contribution in [0.25, 0.3) is 22.6 Å². The number of fused-ring (bicyclic) bond motifs is 1. The normalized spacial score (nSPS) is 11.0. The molecular formula is C20H16BrN3O2. The summed E-state index contributed by atoms with van der Waals surface area (Å²) in [5, 5.41) is 0. The highest BCUT2D eigenvalue weighted by atomic mass is 79.9. The van der Waals surface area contributed by atoms with Crippen molar-refractivity contribution >= 4 is 21.6 Å². The highest BCUT2D eigenvalue weighted by Gasteiger charge is 2.10. The summed E-state index contributed by atoms with van der Waals surface area (Å²) in [6.07, 6.45) is 5.45. The molecule has 2 aromatic carbocycles. The maximum atomic E-state index is 12.9. The molecule has 0 aliphatic carbocycles. The number of hydrogen-bond donors (Lipinski definition) is 0. The fourth-order valence-electron chi connectivity index (χ4n) is 2.81. The second-order valence-electron chi connectivity index (χ2n) is 5.76. The lowest BCUT2D eigenvalue weighted by atomic mass is 10.2. The van der Waals surface area contributed by atoms with Gasteiger partial charge in [-0.15, -0.1) is 0 Å². The molecule has 0 aliphatic rings. The molecule has 0 saturated carbocycles. The molecule has 0 spiro atoms. The van der Waals surface area contributed by atoms with Gasteiger partial charge in [0.25, 0.3) is 5.56 Å². The predicted octanol–water partition coefficient (Wildman–Crippen LogP) is 4.31. The molecule has 0 unspecified atom stereocenters. The molecule has 0 atom stereocenters. The third kappa shape index (κ3) is 3.04. The van der Waals surface area contributed by atoms with Gasteiger partial charge in [0.05, 0.1) is 12.3 Å². The first-order valence-corrected chi connectivity index (χ1v) is 9.04. The first-order valence-electron chi connectivity index (χ1n) is 8.25. The fourth-order valence-corrected chi connectivity index (χ4v) is 3.08. The van der Waals surface area contributed by atoms with E-state index in [1.165, 1.54) is 0 Å². The van der Waals surface area contributed by atoms with Crippen molar-refractivity contribution in [2.75, 3.05) is 6.61 Å². The van der Waals surface area contributed by atoms with Gasteiger partial charge in [-0.1, -0.05) is 28.1 Å². The minimum Gasteiger partial charge on any atom is -0.494 e. The monoisotopic (exact) mass is 409 g/mol. The minimum absolute atomic E-state index is 0.167. The van der Waals surface area contributed by atoms with E-state index in [0.29, 0.717) is 12.3 Å². The van der Waals surface area contributed by atoms with Gasteiger partial charge in [-0.05, 0) is 43.3 Å². The Morgan fingerprint density at radius 2 is 1.77 bits per heavy atom. The molecule has 0 saturated heterocycles. The van der Waals surface area contributed by atoms with Crippen LogP contribution in [0.4, 0.5) is 0 Å². The number of hydrogen-bond acceptors (Lipinski definition) is 3. The number of nitrogens with zero attached hydrogens (tertiary/aromatic N) is 3. The highest BCUT2D eigenvalue weighted by Crippen LogP contribution is 2.21. The molecule has 6 heteroatoms. The summed E-state index contributed by atoms with van der Waals surface area (Å²) in [5.41, 5.74) is 2.72. The van der Waals surface area contributed by atoms with E-state index in [2.05, 4.69) is 20.9 Å². The molecule has 0 amide bonds. The zero-order chi connectivity index (χ0) is 18.1. The van der Waals surface area contributed by atoms with Crippen LogP contribution in [0.3, 0.4) is 0 Å². The first-order chi connectivity index (χ1) is 12.7. The van der Waals surface area contributed by atoms with Crippen LogP contribution in [-0.2, 0) is 0 Å². The van der Waals surface area contributed by atoms with Crippen LogP contribution < -0.4 is 10.3 Å². The molecular weight excluding hydrogens is 394 g/mol. The van der Waals surface area contributed by atoms with Gasteiger partial charge in [0.15, 0.2) is 0 Å². The Kier molecular flexibility index (Phi) is 4.34. The average molecular weight is 410 g/mol. The standard InChI is InChI=1S/C20H16BrN3O2/c1-2-26-17-9-7-16(8-10-17)24-12-11-23-13-18(22-19(23)20(24)25)14-3-5-15(21)6-4-14/h3-13H,2H2,1H3. The maximum absolute atomic E-state index is 12.9. The third-order valence-corrected chi connectivity index (χ3v) is 4.61. The van der Waals surface area contributed by atoms with Crippen molar-refractivity contribution in [2.24, 2.45) is 0 Å². The Morgan fingerprint density at radius 1 is 1.04 bits per heavy atom. The van der Waals surface area contributed by atoms with Gasteiger partial charge in [0.1, 0.15) is 5.75 Å². The summed E-state index contributed by atoms with van der Waals surface area (Å²) in [6.45, 7) is 2.55. The summed E-state index contributed by atoms with van der Waals surface area (Å²) in [4.78, 5) is 17.4. The molecule has 2 heterocycles. The van der Waals surface area contributed by atoms with Crippen molar-refractivity contribution in [3.8, 4) is 22.7 Å². The highest BCUT2D eigenvalue weighted by molar-refractivity contribution is 9.10. The third-order valence-electron chi connectivity index (χ3n) is 4.08. The van der Waals surface area contributed by atoms with E-state index < -0.39 is 0 Å². The van der Waals surface area contributed by atoms with Crippen molar-refractivity contribution in [2.45, 2.75) is 6.92 Å².